The van der Waals surface area contributed by atoms with Gasteiger partial charge in [-0.1, -0.05) is 73.0 Å². The van der Waals surface area contributed by atoms with E-state index in [0.29, 0.717) is 29.4 Å². The third-order valence-corrected chi connectivity index (χ3v) is 7.95. The van der Waals surface area contributed by atoms with Crippen molar-refractivity contribution in [3.05, 3.63) is 81.7 Å². The van der Waals surface area contributed by atoms with E-state index < -0.39 is 11.1 Å². The van der Waals surface area contributed by atoms with Crippen molar-refractivity contribution in [1.82, 2.24) is 9.80 Å². The van der Waals surface area contributed by atoms with Crippen LogP contribution in [0.5, 0.6) is 5.75 Å². The van der Waals surface area contributed by atoms with Crippen LogP contribution in [0, 0.1) is 0 Å². The number of carbonyl (C=O) groups excluding carboxylic acids is 3. The molecule has 2 fully saturated rings. The fraction of sp³-hybridized carbons (Fsp3) is 0.276. The summed E-state index contributed by atoms with van der Waals surface area (Å²) < 4.78 is 6.16. The predicted octanol–water partition coefficient (Wildman–Crippen LogP) is 6.51. The zero-order valence-electron chi connectivity index (χ0n) is 20.3. The number of hydrogen-bond donors (Lipinski definition) is 0. The Bertz CT molecular complexity index is 1380. The van der Waals surface area contributed by atoms with Gasteiger partial charge in [0, 0.05) is 29.2 Å². The van der Waals surface area contributed by atoms with E-state index in [2.05, 4.69) is 0 Å². The Kier molecular flexibility index (Phi) is 7.82. The quantitative estimate of drug-likeness (QED) is 0.337. The van der Waals surface area contributed by atoms with Gasteiger partial charge in [-0.15, -0.1) is 0 Å². The summed E-state index contributed by atoms with van der Waals surface area (Å²) in [5, 5.41) is 2.05. The number of benzene rings is 3. The molecule has 0 bridgehead atoms. The molecule has 2 saturated heterocycles. The number of nitrogens with zero attached hydrogens (tertiary/aromatic N) is 2. The molecule has 0 atom stereocenters. The second kappa shape index (κ2) is 11.4. The van der Waals surface area contributed by atoms with Crippen LogP contribution < -0.4 is 4.74 Å². The number of ether oxygens (including phenoxy) is 1. The lowest BCUT2D eigenvalue weighted by atomic mass is 10.0. The maximum absolute atomic E-state index is 13.3. The molecule has 2 heterocycles. The summed E-state index contributed by atoms with van der Waals surface area (Å²) in [4.78, 5) is 42.0. The Morgan fingerprint density at radius 3 is 2.46 bits per heavy atom. The van der Waals surface area contributed by atoms with Gasteiger partial charge in [-0.2, -0.15) is 0 Å². The molecule has 5 rings (SSSR count). The number of amides is 3. The first-order valence-corrected chi connectivity index (χ1v) is 13.6. The van der Waals surface area contributed by atoms with Gasteiger partial charge in [0.1, 0.15) is 18.9 Å². The van der Waals surface area contributed by atoms with Gasteiger partial charge in [-0.05, 0) is 53.6 Å². The minimum atomic E-state index is -0.455. The second-order valence-corrected chi connectivity index (χ2v) is 10.5. The number of thioether (sulfide) groups is 1. The average molecular weight is 535 g/mol. The van der Waals surface area contributed by atoms with Crippen molar-refractivity contribution in [3.63, 3.8) is 0 Å². The summed E-state index contributed by atoms with van der Waals surface area (Å²) in [6, 6.07) is 19.1. The van der Waals surface area contributed by atoms with Gasteiger partial charge in [0.05, 0.1) is 4.91 Å². The molecular formula is C29H27ClN2O4S. The Hall–Kier alpha value is -3.29. The van der Waals surface area contributed by atoms with E-state index >= 15 is 0 Å². The third-order valence-electron chi connectivity index (χ3n) is 6.67. The zero-order chi connectivity index (χ0) is 25.8. The van der Waals surface area contributed by atoms with Crippen LogP contribution in [-0.2, 0) is 16.2 Å². The molecular weight excluding hydrogens is 508 g/mol. The monoisotopic (exact) mass is 534 g/mol. The molecule has 0 unspecified atom stereocenters. The molecule has 190 valence electrons. The average Bonchev–Trinajstić information content (AvgIpc) is 3.09. The van der Waals surface area contributed by atoms with Gasteiger partial charge < -0.3 is 9.64 Å². The molecule has 37 heavy (non-hydrogen) atoms. The van der Waals surface area contributed by atoms with Crippen molar-refractivity contribution in [2.24, 2.45) is 0 Å². The Labute approximate surface area is 225 Å². The van der Waals surface area contributed by atoms with E-state index in [0.717, 1.165) is 58.7 Å². The van der Waals surface area contributed by atoms with Gasteiger partial charge in [0.2, 0.25) is 5.91 Å². The normalized spacial score (nSPS) is 17.5. The molecule has 3 aromatic carbocycles. The van der Waals surface area contributed by atoms with Crippen LogP contribution in [-0.4, -0.2) is 46.5 Å². The topological polar surface area (TPSA) is 66.9 Å². The van der Waals surface area contributed by atoms with Crippen molar-refractivity contribution in [1.29, 1.82) is 0 Å². The molecule has 0 aliphatic carbocycles. The molecule has 6 nitrogen and oxygen atoms in total. The fourth-order valence-electron chi connectivity index (χ4n) is 4.64. The lowest BCUT2D eigenvalue weighted by Crippen LogP contribution is -2.42. The molecule has 2 aliphatic rings. The molecule has 0 spiro atoms. The van der Waals surface area contributed by atoms with Crippen LogP contribution in [0.2, 0.25) is 5.02 Å². The third kappa shape index (κ3) is 5.68. The summed E-state index contributed by atoms with van der Waals surface area (Å²) in [5.74, 6) is -0.0615. The van der Waals surface area contributed by atoms with E-state index in [-0.39, 0.29) is 24.0 Å². The molecule has 0 aromatic heterocycles. The van der Waals surface area contributed by atoms with Crippen LogP contribution in [0.3, 0.4) is 0 Å². The fourth-order valence-corrected chi connectivity index (χ4v) is 5.65. The van der Waals surface area contributed by atoms with E-state index in [4.69, 9.17) is 16.3 Å². The Balaban J connectivity index is 1.42. The minimum Gasteiger partial charge on any atom is -0.488 e. The standard InChI is InChI=1S/C29H27ClN2O4S/c30-24-12-6-4-10-21(24)19-36-25-14-13-20-9-3-5-11-22(20)23(25)17-26-28(34)32(29(35)37-26)18-27(33)31-15-7-1-2-8-16-31/h3-6,9-14,17H,1-2,7-8,15-16,18-19H2. The number of carbonyl (C=O) groups is 3. The van der Waals surface area contributed by atoms with Crippen LogP contribution in [0.1, 0.15) is 36.8 Å². The highest BCUT2D eigenvalue weighted by Crippen LogP contribution is 2.37. The number of hydrogen-bond acceptors (Lipinski definition) is 5. The highest BCUT2D eigenvalue weighted by atomic mass is 35.5. The first-order valence-electron chi connectivity index (χ1n) is 12.4. The minimum absolute atomic E-state index is 0.181. The SMILES string of the molecule is O=C(CN1C(=O)SC(=Cc2c(OCc3ccccc3Cl)ccc3ccccc23)C1=O)N1CCCCCC1. The largest absolute Gasteiger partial charge is 0.488 e. The van der Waals surface area contributed by atoms with Crippen molar-refractivity contribution >= 4 is 57.3 Å². The van der Waals surface area contributed by atoms with Crippen molar-refractivity contribution in [2.45, 2.75) is 32.3 Å². The van der Waals surface area contributed by atoms with Crippen LogP contribution in [0.15, 0.2) is 65.6 Å². The molecule has 3 amide bonds. The molecule has 8 heteroatoms. The van der Waals surface area contributed by atoms with E-state index in [1.165, 1.54) is 0 Å². The summed E-state index contributed by atoms with van der Waals surface area (Å²) in [6.07, 6.45) is 5.79. The summed E-state index contributed by atoms with van der Waals surface area (Å²) >= 11 is 7.16. The van der Waals surface area contributed by atoms with Crippen LogP contribution in [0.25, 0.3) is 16.8 Å². The van der Waals surface area contributed by atoms with E-state index in [9.17, 15) is 14.4 Å². The van der Waals surface area contributed by atoms with Gasteiger partial charge in [-0.3, -0.25) is 19.3 Å². The molecule has 3 aromatic rings. The zero-order valence-corrected chi connectivity index (χ0v) is 21.9. The maximum atomic E-state index is 13.3. The van der Waals surface area contributed by atoms with Crippen LogP contribution in [0.4, 0.5) is 4.79 Å². The highest BCUT2D eigenvalue weighted by molar-refractivity contribution is 8.18. The summed E-state index contributed by atoms with van der Waals surface area (Å²) in [7, 11) is 0. The maximum Gasteiger partial charge on any atom is 0.294 e. The number of imide groups is 1. The number of likely N-dealkylation sites (tertiary alicyclic amines) is 1. The molecule has 0 radical (unpaired) electrons. The number of fused-ring (bicyclic) bond motifs is 1. The predicted molar refractivity (Wildman–Crippen MR) is 147 cm³/mol. The number of halogens is 1. The lowest BCUT2D eigenvalue weighted by molar-refractivity contribution is -0.135. The summed E-state index contributed by atoms with van der Waals surface area (Å²) in [5.41, 5.74) is 1.55. The molecule has 2 aliphatic heterocycles. The first-order chi connectivity index (χ1) is 18.0. The number of rotatable bonds is 6. The van der Waals surface area contributed by atoms with Gasteiger partial charge in [0.15, 0.2) is 0 Å². The van der Waals surface area contributed by atoms with Gasteiger partial charge >= 0.3 is 0 Å². The lowest BCUT2D eigenvalue weighted by Gasteiger charge is -2.22. The van der Waals surface area contributed by atoms with Crippen LogP contribution >= 0.6 is 23.4 Å². The molecule has 0 saturated carbocycles. The van der Waals surface area contributed by atoms with Gasteiger partial charge in [-0.25, -0.2) is 0 Å². The van der Waals surface area contributed by atoms with Crippen molar-refractivity contribution in [2.75, 3.05) is 19.6 Å². The Morgan fingerprint density at radius 1 is 0.946 bits per heavy atom. The van der Waals surface area contributed by atoms with E-state index in [1.54, 1.807) is 11.0 Å². The Morgan fingerprint density at radius 2 is 1.68 bits per heavy atom. The second-order valence-electron chi connectivity index (χ2n) is 9.14. The van der Waals surface area contributed by atoms with Gasteiger partial charge in [0.25, 0.3) is 11.1 Å². The van der Waals surface area contributed by atoms with E-state index in [1.807, 2.05) is 60.7 Å². The smallest absolute Gasteiger partial charge is 0.294 e. The molecule has 0 N–H and O–H groups in total. The van der Waals surface area contributed by atoms with Crippen molar-refractivity contribution < 1.29 is 19.1 Å². The highest BCUT2D eigenvalue weighted by Gasteiger charge is 2.37. The first kappa shape index (κ1) is 25.4. The van der Waals surface area contributed by atoms with Crippen molar-refractivity contribution in [3.8, 4) is 5.75 Å². The summed E-state index contributed by atoms with van der Waals surface area (Å²) in [6.45, 7) is 1.37.